The van der Waals surface area contributed by atoms with Crippen LogP contribution in [0.3, 0.4) is 0 Å². The van der Waals surface area contributed by atoms with Gasteiger partial charge in [0, 0.05) is 42.3 Å². The van der Waals surface area contributed by atoms with E-state index < -0.39 is 0 Å². The summed E-state index contributed by atoms with van der Waals surface area (Å²) in [5.74, 6) is -0.204. The number of carbonyl (C=O) groups is 1. The van der Waals surface area contributed by atoms with Gasteiger partial charge in [-0.1, -0.05) is 6.07 Å². The summed E-state index contributed by atoms with van der Waals surface area (Å²) in [6, 6.07) is 19.5. The van der Waals surface area contributed by atoms with Gasteiger partial charge in [-0.3, -0.25) is 14.8 Å². The van der Waals surface area contributed by atoms with E-state index in [1.807, 2.05) is 54.7 Å². The van der Waals surface area contributed by atoms with Crippen LogP contribution in [-0.2, 0) is 9.53 Å². The van der Waals surface area contributed by atoms with E-state index in [-0.39, 0.29) is 24.6 Å². The summed E-state index contributed by atoms with van der Waals surface area (Å²) < 4.78 is 7.12. The predicted molar refractivity (Wildman–Crippen MR) is 148 cm³/mol. The normalized spacial score (nSPS) is 17.1. The third-order valence-corrected chi connectivity index (χ3v) is 6.81. The van der Waals surface area contributed by atoms with E-state index >= 15 is 0 Å². The topological polar surface area (TPSA) is 84.3 Å². The number of aryl methyl sites for hydroxylation is 1. The number of hydrogen-bond acceptors (Lipinski definition) is 5. The molecule has 1 aromatic carbocycles. The zero-order valence-electron chi connectivity index (χ0n) is 20.9. The van der Waals surface area contributed by atoms with Gasteiger partial charge in [-0.05, 0) is 86.2 Å². The van der Waals surface area contributed by atoms with E-state index in [9.17, 15) is 4.79 Å². The maximum Gasteiger partial charge on any atom is 0.250 e. The average molecular weight is 513 g/mol. The summed E-state index contributed by atoms with van der Waals surface area (Å²) >= 11 is 5.87. The third-order valence-electron chi connectivity index (χ3n) is 6.50. The summed E-state index contributed by atoms with van der Waals surface area (Å²) in [6.45, 7) is 4.23. The quantitative estimate of drug-likeness (QED) is 0.349. The maximum absolute atomic E-state index is 11.9. The van der Waals surface area contributed by atoms with Crippen molar-refractivity contribution in [3.8, 4) is 5.69 Å². The molecule has 1 aliphatic rings. The predicted octanol–water partition coefficient (Wildman–Crippen LogP) is 4.65. The van der Waals surface area contributed by atoms with Gasteiger partial charge in [0.15, 0.2) is 5.11 Å². The second-order valence-electron chi connectivity index (χ2n) is 8.90. The van der Waals surface area contributed by atoms with Crippen molar-refractivity contribution in [3.05, 3.63) is 102 Å². The molecule has 8 nitrogen and oxygen atoms in total. The van der Waals surface area contributed by atoms with Crippen molar-refractivity contribution >= 4 is 34.6 Å². The Labute approximate surface area is 221 Å². The Kier molecular flexibility index (Phi) is 6.98. The summed E-state index contributed by atoms with van der Waals surface area (Å²) in [5.41, 5.74) is 6.88. The monoisotopic (exact) mass is 512 g/mol. The molecule has 0 bridgehead atoms. The highest BCUT2D eigenvalue weighted by Gasteiger charge is 2.42. The fraction of sp³-hybridized carbons (Fsp3) is 0.214. The number of ether oxygens (including phenoxy) is 1. The molecule has 2 N–H and O–H groups in total. The highest BCUT2D eigenvalue weighted by molar-refractivity contribution is 7.80. The lowest BCUT2D eigenvalue weighted by Crippen LogP contribution is -2.29. The molecule has 2 atom stereocenters. The minimum atomic E-state index is -0.204. The Bertz CT molecular complexity index is 1410. The number of carbonyl (C=O) groups excluding carboxylic acids is 1. The van der Waals surface area contributed by atoms with Crippen LogP contribution in [0.15, 0.2) is 79.3 Å². The van der Waals surface area contributed by atoms with Gasteiger partial charge >= 0.3 is 0 Å². The molecule has 1 amide bonds. The molecular formula is C28H28N6O2S. The lowest BCUT2D eigenvalue weighted by atomic mass is 9.96. The van der Waals surface area contributed by atoms with Gasteiger partial charge in [-0.15, -0.1) is 0 Å². The van der Waals surface area contributed by atoms with Crippen LogP contribution < -0.4 is 15.5 Å². The van der Waals surface area contributed by atoms with Crippen molar-refractivity contribution in [2.45, 2.75) is 25.9 Å². The van der Waals surface area contributed by atoms with Crippen LogP contribution in [0.1, 0.15) is 34.7 Å². The summed E-state index contributed by atoms with van der Waals surface area (Å²) in [4.78, 5) is 23.0. The molecule has 3 aromatic heterocycles. The highest BCUT2D eigenvalue weighted by Crippen LogP contribution is 2.43. The largest absolute Gasteiger partial charge is 0.375 e. The molecule has 0 radical (unpaired) electrons. The van der Waals surface area contributed by atoms with Crippen molar-refractivity contribution in [2.75, 3.05) is 23.9 Å². The lowest BCUT2D eigenvalue weighted by Gasteiger charge is -2.28. The smallest absolute Gasteiger partial charge is 0.250 e. The Balaban J connectivity index is 1.57. The number of aromatic nitrogens is 3. The van der Waals surface area contributed by atoms with Crippen LogP contribution >= 0.6 is 12.2 Å². The van der Waals surface area contributed by atoms with Crippen molar-refractivity contribution < 1.29 is 9.53 Å². The molecule has 4 aromatic rings. The van der Waals surface area contributed by atoms with Crippen molar-refractivity contribution in [1.29, 1.82) is 0 Å². The van der Waals surface area contributed by atoms with E-state index in [1.165, 1.54) is 7.11 Å². The number of benzene rings is 1. The van der Waals surface area contributed by atoms with Gasteiger partial charge < -0.3 is 24.8 Å². The second-order valence-corrected chi connectivity index (χ2v) is 9.28. The number of pyridine rings is 2. The van der Waals surface area contributed by atoms with Crippen LogP contribution in [0.5, 0.6) is 0 Å². The Hall–Kier alpha value is -4.08. The molecule has 9 heteroatoms. The molecule has 0 aliphatic carbocycles. The van der Waals surface area contributed by atoms with Crippen molar-refractivity contribution in [1.82, 2.24) is 19.9 Å². The number of anilines is 2. The molecule has 2 unspecified atom stereocenters. The molecule has 0 saturated carbocycles. The molecule has 188 valence electrons. The number of thiocarbonyl (C=S) groups is 1. The maximum atomic E-state index is 11.9. The Morgan fingerprint density at radius 3 is 2.57 bits per heavy atom. The molecule has 5 rings (SSSR count). The van der Waals surface area contributed by atoms with Crippen molar-refractivity contribution in [3.63, 3.8) is 0 Å². The van der Waals surface area contributed by atoms with Crippen molar-refractivity contribution in [2.24, 2.45) is 0 Å². The number of amides is 1. The van der Waals surface area contributed by atoms with Crippen LogP contribution in [0, 0.1) is 13.8 Å². The summed E-state index contributed by atoms with van der Waals surface area (Å²) in [7, 11) is 1.49. The summed E-state index contributed by atoms with van der Waals surface area (Å²) in [6.07, 6.45) is 5.44. The molecule has 1 fully saturated rings. The molecule has 0 spiro atoms. The number of nitrogens with one attached hydrogen (secondary N) is 2. The van der Waals surface area contributed by atoms with Gasteiger partial charge in [0.25, 0.3) is 0 Å². The lowest BCUT2D eigenvalue weighted by molar-refractivity contribution is -0.119. The molecule has 4 heterocycles. The van der Waals surface area contributed by atoms with Crippen LogP contribution in [0.4, 0.5) is 11.4 Å². The van der Waals surface area contributed by atoms with Gasteiger partial charge in [0.2, 0.25) is 5.91 Å². The van der Waals surface area contributed by atoms with Crippen LogP contribution in [0.25, 0.3) is 5.69 Å². The van der Waals surface area contributed by atoms with Crippen LogP contribution in [-0.4, -0.2) is 39.3 Å². The van der Waals surface area contributed by atoms with Gasteiger partial charge in [0.05, 0.1) is 29.7 Å². The first-order valence-corrected chi connectivity index (χ1v) is 12.4. The fourth-order valence-corrected chi connectivity index (χ4v) is 5.30. The first-order valence-electron chi connectivity index (χ1n) is 12.0. The van der Waals surface area contributed by atoms with Crippen LogP contribution in [0.2, 0.25) is 0 Å². The average Bonchev–Trinajstić information content (AvgIpc) is 3.40. The first kappa shape index (κ1) is 24.6. The van der Waals surface area contributed by atoms with E-state index in [4.69, 9.17) is 17.0 Å². The number of nitrogens with zero attached hydrogens (tertiary/aromatic N) is 4. The Morgan fingerprint density at radius 2 is 1.89 bits per heavy atom. The standard InChI is InChI=1S/C28H28N6O2S/c1-18-15-23(19(2)33(18)22-7-6-13-29-16-22)27-26(24-8-4-5-14-30-24)32-28(37)34(27)21-11-9-20(10-12-21)31-25(35)17-36-3/h4-16,26-27H,17H2,1-3H3,(H,31,35)(H,32,37). The molecule has 1 aliphatic heterocycles. The first-order chi connectivity index (χ1) is 18.0. The highest BCUT2D eigenvalue weighted by atomic mass is 32.1. The minimum Gasteiger partial charge on any atom is -0.375 e. The zero-order chi connectivity index (χ0) is 25.9. The fourth-order valence-electron chi connectivity index (χ4n) is 4.95. The van der Waals surface area contributed by atoms with E-state index in [0.29, 0.717) is 10.8 Å². The van der Waals surface area contributed by atoms with E-state index in [1.54, 1.807) is 12.4 Å². The molecule has 37 heavy (non-hydrogen) atoms. The third kappa shape index (κ3) is 4.83. The van der Waals surface area contributed by atoms with Gasteiger partial charge in [-0.2, -0.15) is 0 Å². The Morgan fingerprint density at radius 1 is 1.08 bits per heavy atom. The minimum absolute atomic E-state index is 0.00225. The number of methoxy groups -OCH3 is 1. The van der Waals surface area contributed by atoms with Gasteiger partial charge in [-0.25, -0.2) is 0 Å². The van der Waals surface area contributed by atoms with E-state index in [0.717, 1.165) is 34.0 Å². The molecular weight excluding hydrogens is 484 g/mol. The van der Waals surface area contributed by atoms with Gasteiger partial charge in [0.1, 0.15) is 6.61 Å². The van der Waals surface area contributed by atoms with E-state index in [2.05, 4.69) is 56.0 Å². The number of rotatable bonds is 7. The zero-order valence-corrected chi connectivity index (χ0v) is 21.7. The number of hydrogen-bond donors (Lipinski definition) is 2. The summed E-state index contributed by atoms with van der Waals surface area (Å²) in [5, 5.41) is 6.96. The SMILES string of the molecule is COCC(=O)Nc1ccc(N2C(=S)NC(c3ccccn3)C2c2cc(C)n(-c3cccnc3)c2C)cc1. The molecule has 1 saturated heterocycles. The second kappa shape index (κ2) is 10.5.